The topological polar surface area (TPSA) is 98.8 Å². The molecule has 0 saturated carbocycles. The molecule has 9 heteroatoms. The van der Waals surface area contributed by atoms with Gasteiger partial charge in [0.05, 0.1) is 11.4 Å². The van der Waals surface area contributed by atoms with Gasteiger partial charge in [-0.25, -0.2) is 12.7 Å². The maximum atomic E-state index is 12.0. The van der Waals surface area contributed by atoms with Crippen molar-refractivity contribution in [2.24, 2.45) is 0 Å². The summed E-state index contributed by atoms with van der Waals surface area (Å²) in [5.41, 5.74) is 0.536. The molecule has 0 aliphatic carbocycles. The minimum absolute atomic E-state index is 0.0284. The molecule has 0 bridgehead atoms. The van der Waals surface area contributed by atoms with E-state index in [1.165, 1.54) is 26.2 Å². The van der Waals surface area contributed by atoms with Crippen LogP contribution in [0.5, 0.6) is 0 Å². The Morgan fingerprint density at radius 2 is 1.96 bits per heavy atom. The Bertz CT molecular complexity index is 701. The van der Waals surface area contributed by atoms with E-state index in [1.54, 1.807) is 12.1 Å². The van der Waals surface area contributed by atoms with Crippen molar-refractivity contribution in [2.45, 2.75) is 11.3 Å². The molecule has 1 fully saturated rings. The largest absolute Gasteiger partial charge is 0.354 e. The molecule has 24 heavy (non-hydrogen) atoms. The smallest absolute Gasteiger partial charge is 0.242 e. The minimum atomic E-state index is -3.48. The summed E-state index contributed by atoms with van der Waals surface area (Å²) in [4.78, 5) is 25.3. The molecule has 2 amide bonds. The summed E-state index contributed by atoms with van der Waals surface area (Å²) < 4.78 is 25.1. The summed E-state index contributed by atoms with van der Waals surface area (Å²) in [6.07, 6.45) is 0.269. The SMILES string of the molecule is CN(C)S(=O)(=O)c1ccc(NC(=O)CCN2CCNC(=O)C2)cc1. The fourth-order valence-corrected chi connectivity index (χ4v) is 3.19. The van der Waals surface area contributed by atoms with Crippen molar-refractivity contribution < 1.29 is 18.0 Å². The lowest BCUT2D eigenvalue weighted by atomic mass is 10.3. The molecule has 1 aliphatic rings. The van der Waals surface area contributed by atoms with Gasteiger partial charge in [0.15, 0.2) is 0 Å². The van der Waals surface area contributed by atoms with Crippen LogP contribution in [0.1, 0.15) is 6.42 Å². The first-order chi connectivity index (χ1) is 11.3. The van der Waals surface area contributed by atoms with E-state index in [4.69, 9.17) is 0 Å². The first-order valence-electron chi connectivity index (χ1n) is 7.60. The third kappa shape index (κ3) is 4.76. The standard InChI is InChI=1S/C15H22N4O4S/c1-18(2)24(22,23)13-5-3-12(4-6-13)17-14(20)7-9-19-10-8-16-15(21)11-19/h3-6H,7-11H2,1-2H3,(H,16,21)(H,17,20). The fraction of sp³-hybridized carbons (Fsp3) is 0.467. The van der Waals surface area contributed by atoms with Crippen LogP contribution in [0.15, 0.2) is 29.2 Å². The van der Waals surface area contributed by atoms with Gasteiger partial charge in [-0.3, -0.25) is 14.5 Å². The van der Waals surface area contributed by atoms with Crippen LogP contribution in [0.25, 0.3) is 0 Å². The Balaban J connectivity index is 1.87. The number of amides is 2. The van der Waals surface area contributed by atoms with E-state index < -0.39 is 10.0 Å². The van der Waals surface area contributed by atoms with Crippen molar-refractivity contribution in [3.63, 3.8) is 0 Å². The highest BCUT2D eigenvalue weighted by atomic mass is 32.2. The average molecular weight is 354 g/mol. The molecule has 1 aliphatic heterocycles. The second-order valence-corrected chi connectivity index (χ2v) is 7.89. The molecular weight excluding hydrogens is 332 g/mol. The van der Waals surface area contributed by atoms with Gasteiger partial charge < -0.3 is 10.6 Å². The molecule has 2 N–H and O–H groups in total. The summed E-state index contributed by atoms with van der Waals surface area (Å²) in [6.45, 7) is 2.15. The number of nitrogens with one attached hydrogen (secondary N) is 2. The van der Waals surface area contributed by atoms with Crippen LogP contribution < -0.4 is 10.6 Å². The lowest BCUT2D eigenvalue weighted by molar-refractivity contribution is -0.125. The van der Waals surface area contributed by atoms with E-state index >= 15 is 0 Å². The highest BCUT2D eigenvalue weighted by Gasteiger charge is 2.18. The molecule has 1 aromatic carbocycles. The van der Waals surface area contributed by atoms with Crippen LogP contribution in [0.3, 0.4) is 0 Å². The quantitative estimate of drug-likeness (QED) is 0.731. The molecular formula is C15H22N4O4S. The molecule has 1 heterocycles. The van der Waals surface area contributed by atoms with Gasteiger partial charge in [-0.1, -0.05) is 0 Å². The van der Waals surface area contributed by atoms with Crippen molar-refractivity contribution in [1.82, 2.24) is 14.5 Å². The maximum Gasteiger partial charge on any atom is 0.242 e. The van der Waals surface area contributed by atoms with E-state index in [9.17, 15) is 18.0 Å². The van der Waals surface area contributed by atoms with E-state index in [0.29, 0.717) is 25.3 Å². The van der Waals surface area contributed by atoms with Gasteiger partial charge in [0, 0.05) is 45.8 Å². The molecule has 0 aromatic heterocycles. The van der Waals surface area contributed by atoms with Gasteiger partial charge >= 0.3 is 0 Å². The second kappa shape index (κ2) is 7.73. The highest BCUT2D eigenvalue weighted by molar-refractivity contribution is 7.89. The van der Waals surface area contributed by atoms with Gasteiger partial charge in [0.25, 0.3) is 0 Å². The van der Waals surface area contributed by atoms with E-state index in [2.05, 4.69) is 10.6 Å². The molecule has 0 radical (unpaired) electrons. The molecule has 0 atom stereocenters. The zero-order valence-corrected chi connectivity index (χ0v) is 14.6. The monoisotopic (exact) mass is 354 g/mol. The Morgan fingerprint density at radius 3 is 2.54 bits per heavy atom. The van der Waals surface area contributed by atoms with Crippen molar-refractivity contribution >= 4 is 27.5 Å². The molecule has 1 aromatic rings. The zero-order chi connectivity index (χ0) is 17.7. The zero-order valence-electron chi connectivity index (χ0n) is 13.8. The fourth-order valence-electron chi connectivity index (χ4n) is 2.29. The second-order valence-electron chi connectivity index (χ2n) is 5.74. The Hall–Kier alpha value is -1.97. The number of piperazine rings is 1. The summed E-state index contributed by atoms with van der Waals surface area (Å²) in [5.74, 6) is -0.205. The van der Waals surface area contributed by atoms with Gasteiger partial charge in [-0.2, -0.15) is 0 Å². The van der Waals surface area contributed by atoms with Gasteiger partial charge in [-0.05, 0) is 24.3 Å². The first kappa shape index (κ1) is 18.4. The number of carbonyl (C=O) groups excluding carboxylic acids is 2. The summed E-state index contributed by atoms with van der Waals surface area (Å²) in [6, 6.07) is 6.03. The molecule has 8 nitrogen and oxygen atoms in total. The van der Waals surface area contributed by atoms with Gasteiger partial charge in [-0.15, -0.1) is 0 Å². The third-order valence-electron chi connectivity index (χ3n) is 3.69. The number of carbonyl (C=O) groups is 2. The molecule has 2 rings (SSSR count). The number of anilines is 1. The van der Waals surface area contributed by atoms with Crippen molar-refractivity contribution in [1.29, 1.82) is 0 Å². The van der Waals surface area contributed by atoms with Crippen LogP contribution in [0, 0.1) is 0 Å². The van der Waals surface area contributed by atoms with Crippen LogP contribution >= 0.6 is 0 Å². The Morgan fingerprint density at radius 1 is 1.29 bits per heavy atom. The first-order valence-corrected chi connectivity index (χ1v) is 9.04. The maximum absolute atomic E-state index is 12.0. The van der Waals surface area contributed by atoms with E-state index in [1.807, 2.05) is 4.90 Å². The minimum Gasteiger partial charge on any atom is -0.354 e. The van der Waals surface area contributed by atoms with Gasteiger partial charge in [0.1, 0.15) is 0 Å². The van der Waals surface area contributed by atoms with Crippen molar-refractivity contribution in [2.75, 3.05) is 45.6 Å². The molecule has 0 unspecified atom stereocenters. The van der Waals surface area contributed by atoms with E-state index in [-0.39, 0.29) is 23.1 Å². The number of nitrogens with zero attached hydrogens (tertiary/aromatic N) is 2. The summed E-state index contributed by atoms with van der Waals surface area (Å²) in [7, 11) is -0.548. The van der Waals surface area contributed by atoms with Crippen LogP contribution in [-0.2, 0) is 19.6 Å². The third-order valence-corrected chi connectivity index (χ3v) is 5.52. The van der Waals surface area contributed by atoms with E-state index in [0.717, 1.165) is 10.8 Å². The average Bonchev–Trinajstić information content (AvgIpc) is 2.53. The van der Waals surface area contributed by atoms with Crippen LogP contribution in [0.2, 0.25) is 0 Å². The molecule has 132 valence electrons. The Labute approximate surface area is 141 Å². The number of benzene rings is 1. The summed E-state index contributed by atoms with van der Waals surface area (Å²) in [5, 5.41) is 5.46. The number of hydrogen-bond acceptors (Lipinski definition) is 5. The number of sulfonamides is 1. The van der Waals surface area contributed by atoms with Crippen LogP contribution in [-0.4, -0.2) is 69.7 Å². The molecule has 1 saturated heterocycles. The van der Waals surface area contributed by atoms with Crippen LogP contribution in [0.4, 0.5) is 5.69 Å². The van der Waals surface area contributed by atoms with Crippen molar-refractivity contribution in [3.05, 3.63) is 24.3 Å². The van der Waals surface area contributed by atoms with Gasteiger partial charge in [0.2, 0.25) is 21.8 Å². The number of hydrogen-bond donors (Lipinski definition) is 2. The lowest BCUT2D eigenvalue weighted by Gasteiger charge is -2.26. The predicted octanol–water partition coefficient (Wildman–Crippen LogP) is -0.303. The Kier molecular flexibility index (Phi) is 5.92. The lowest BCUT2D eigenvalue weighted by Crippen LogP contribution is -2.48. The molecule has 0 spiro atoms. The predicted molar refractivity (Wildman–Crippen MR) is 90.0 cm³/mol. The number of rotatable bonds is 6. The summed E-state index contributed by atoms with van der Waals surface area (Å²) >= 11 is 0. The van der Waals surface area contributed by atoms with Crippen molar-refractivity contribution in [3.8, 4) is 0 Å². The normalized spacial score (nSPS) is 16.0. The highest BCUT2D eigenvalue weighted by Crippen LogP contribution is 2.16.